The third-order valence-electron chi connectivity index (χ3n) is 0.617. The van der Waals surface area contributed by atoms with E-state index in [-0.39, 0.29) is 0 Å². The van der Waals surface area contributed by atoms with Crippen molar-refractivity contribution in [3.63, 3.8) is 0 Å². The van der Waals surface area contributed by atoms with Crippen LogP contribution in [0.3, 0.4) is 0 Å². The minimum absolute atomic E-state index is 1.03. The number of carbonyl (C=O) groups excluding carboxylic acids is 1. The van der Waals surface area contributed by atoms with Crippen LogP contribution >= 0.6 is 0 Å². The lowest BCUT2D eigenvalue weighted by Gasteiger charge is -2.06. The van der Waals surface area contributed by atoms with Crippen LogP contribution in [0.15, 0.2) is 0 Å². The molecule has 0 aliphatic heterocycles. The topological polar surface area (TPSA) is 69.1 Å². The van der Waals surface area contributed by atoms with Gasteiger partial charge in [0, 0.05) is 0 Å². The number of carbonyl (C=O) groups is 1. The van der Waals surface area contributed by atoms with Gasteiger partial charge in [-0.2, -0.15) is 8.78 Å². The van der Waals surface area contributed by atoms with Gasteiger partial charge < -0.3 is 11.5 Å². The summed E-state index contributed by atoms with van der Waals surface area (Å²) in [4.78, 5) is 9.64. The normalized spacial score (nSPS) is 11.4. The lowest BCUT2D eigenvalue weighted by Crippen LogP contribution is -2.41. The highest BCUT2D eigenvalue weighted by molar-refractivity contribution is 5.81. The Bertz CT molecular complexity index is 103. The van der Waals surface area contributed by atoms with E-state index in [1.54, 1.807) is 0 Å². The molecule has 0 bridgehead atoms. The van der Waals surface area contributed by atoms with Crippen LogP contribution in [0.4, 0.5) is 8.78 Å². The van der Waals surface area contributed by atoms with E-state index >= 15 is 0 Å². The van der Waals surface area contributed by atoms with Crippen molar-refractivity contribution in [1.82, 2.24) is 0 Å². The molecule has 0 saturated heterocycles. The van der Waals surface area contributed by atoms with E-state index in [1.807, 2.05) is 0 Å². The molecule has 0 aromatic carbocycles. The molecule has 48 valence electrons. The van der Waals surface area contributed by atoms with Crippen molar-refractivity contribution in [2.24, 2.45) is 11.5 Å². The molecule has 0 aromatic heterocycles. The summed E-state index contributed by atoms with van der Waals surface area (Å²) in [6, 6.07) is 0. The summed E-state index contributed by atoms with van der Waals surface area (Å²) < 4.78 is 23.4. The monoisotopic (exact) mass is 124 g/mol. The number of alkyl halides is 2. The third-order valence-corrected chi connectivity index (χ3v) is 0.617. The summed E-state index contributed by atoms with van der Waals surface area (Å²) in [5.41, 5.74) is 8.67. The van der Waals surface area contributed by atoms with E-state index < -0.39 is 18.4 Å². The number of halogens is 2. The second-order valence-electron chi connectivity index (χ2n) is 1.27. The van der Waals surface area contributed by atoms with Crippen molar-refractivity contribution < 1.29 is 13.6 Å². The summed E-state index contributed by atoms with van der Waals surface area (Å²) >= 11 is 0. The standard InChI is InChI=1S/C3H6F2N2O/c4-3(5,1-6)2(7)8/h1,6H2,(H2,7,8). The fourth-order valence-corrected chi connectivity index (χ4v) is 0.101. The van der Waals surface area contributed by atoms with Gasteiger partial charge in [0.05, 0.1) is 6.54 Å². The number of hydrogen-bond acceptors (Lipinski definition) is 2. The van der Waals surface area contributed by atoms with Crippen LogP contribution < -0.4 is 11.5 Å². The number of rotatable bonds is 2. The Balaban J connectivity index is 3.91. The molecule has 0 fully saturated rings. The summed E-state index contributed by atoms with van der Waals surface area (Å²) in [5, 5.41) is 0. The Labute approximate surface area is 44.6 Å². The number of nitrogens with two attached hydrogens (primary N) is 2. The molecule has 0 radical (unpaired) electrons. The molecule has 4 N–H and O–H groups in total. The van der Waals surface area contributed by atoms with Gasteiger partial charge in [0.25, 0.3) is 5.91 Å². The van der Waals surface area contributed by atoms with Crippen molar-refractivity contribution >= 4 is 5.91 Å². The van der Waals surface area contributed by atoms with Crippen LogP contribution in [0.2, 0.25) is 0 Å². The maximum Gasteiger partial charge on any atom is 0.336 e. The minimum Gasteiger partial charge on any atom is -0.364 e. The van der Waals surface area contributed by atoms with E-state index in [2.05, 4.69) is 11.5 Å². The highest BCUT2D eigenvalue weighted by Crippen LogP contribution is 2.08. The molecule has 0 rings (SSSR count). The molecule has 0 aromatic rings. The maximum atomic E-state index is 11.7. The number of amides is 1. The number of hydrogen-bond donors (Lipinski definition) is 2. The predicted molar refractivity (Wildman–Crippen MR) is 23.2 cm³/mol. The van der Waals surface area contributed by atoms with Crippen molar-refractivity contribution in [3.05, 3.63) is 0 Å². The highest BCUT2D eigenvalue weighted by atomic mass is 19.3. The van der Waals surface area contributed by atoms with Gasteiger partial charge in [-0.25, -0.2) is 0 Å². The quantitative estimate of drug-likeness (QED) is 0.499. The van der Waals surface area contributed by atoms with Crippen molar-refractivity contribution in [2.45, 2.75) is 5.92 Å². The minimum atomic E-state index is -3.54. The largest absolute Gasteiger partial charge is 0.364 e. The Kier molecular flexibility index (Phi) is 1.86. The number of primary amides is 1. The van der Waals surface area contributed by atoms with Gasteiger partial charge in [0.1, 0.15) is 0 Å². The summed E-state index contributed by atoms with van der Waals surface area (Å²) in [6.07, 6.45) is 0. The van der Waals surface area contributed by atoms with Crippen LogP contribution in [0.25, 0.3) is 0 Å². The first-order valence-electron chi connectivity index (χ1n) is 1.88. The lowest BCUT2D eigenvalue weighted by atomic mass is 10.3. The average molecular weight is 124 g/mol. The smallest absolute Gasteiger partial charge is 0.336 e. The van der Waals surface area contributed by atoms with Crippen LogP contribution in [0.5, 0.6) is 0 Å². The average Bonchev–Trinajstić information content (AvgIpc) is 1.67. The van der Waals surface area contributed by atoms with E-state index in [4.69, 9.17) is 0 Å². The summed E-state index contributed by atoms with van der Waals surface area (Å²) in [7, 11) is 0. The fraction of sp³-hybridized carbons (Fsp3) is 0.667. The Hall–Kier alpha value is -0.710. The van der Waals surface area contributed by atoms with E-state index in [0.717, 1.165) is 0 Å². The van der Waals surface area contributed by atoms with Crippen LogP contribution in [-0.2, 0) is 4.79 Å². The summed E-state index contributed by atoms with van der Waals surface area (Å²) in [6.45, 7) is -1.03. The molecule has 3 nitrogen and oxygen atoms in total. The SMILES string of the molecule is NCC(F)(F)C(N)=O. The van der Waals surface area contributed by atoms with E-state index in [0.29, 0.717) is 0 Å². The van der Waals surface area contributed by atoms with Crippen molar-refractivity contribution in [1.29, 1.82) is 0 Å². The maximum absolute atomic E-state index is 11.7. The third kappa shape index (κ3) is 1.42. The molecule has 0 aliphatic rings. The second kappa shape index (κ2) is 2.04. The van der Waals surface area contributed by atoms with Gasteiger partial charge in [0.15, 0.2) is 0 Å². The molecule has 0 unspecified atom stereocenters. The zero-order chi connectivity index (χ0) is 6.78. The molecule has 0 spiro atoms. The molecule has 0 atom stereocenters. The fourth-order valence-electron chi connectivity index (χ4n) is 0.101. The van der Waals surface area contributed by atoms with Crippen LogP contribution in [0.1, 0.15) is 0 Å². The van der Waals surface area contributed by atoms with E-state index in [9.17, 15) is 13.6 Å². The molecule has 5 heteroatoms. The predicted octanol–water partition coefficient (Wildman–Crippen LogP) is -0.934. The van der Waals surface area contributed by atoms with Crippen LogP contribution in [-0.4, -0.2) is 18.4 Å². The molecule has 0 heterocycles. The highest BCUT2D eigenvalue weighted by Gasteiger charge is 2.34. The zero-order valence-electron chi connectivity index (χ0n) is 4.03. The Morgan fingerprint density at radius 3 is 2.00 bits per heavy atom. The van der Waals surface area contributed by atoms with Crippen molar-refractivity contribution in [2.75, 3.05) is 6.54 Å². The van der Waals surface area contributed by atoms with Gasteiger partial charge in [-0.05, 0) is 0 Å². The van der Waals surface area contributed by atoms with Crippen molar-refractivity contribution in [3.8, 4) is 0 Å². The Morgan fingerprint density at radius 1 is 1.62 bits per heavy atom. The molecule has 0 aliphatic carbocycles. The van der Waals surface area contributed by atoms with Gasteiger partial charge in [-0.3, -0.25) is 4.79 Å². The molecular formula is C3H6F2N2O. The van der Waals surface area contributed by atoms with Crippen LogP contribution in [0, 0.1) is 0 Å². The van der Waals surface area contributed by atoms with Gasteiger partial charge >= 0.3 is 5.92 Å². The second-order valence-corrected chi connectivity index (χ2v) is 1.27. The van der Waals surface area contributed by atoms with Gasteiger partial charge in [0.2, 0.25) is 0 Å². The molecule has 8 heavy (non-hydrogen) atoms. The lowest BCUT2D eigenvalue weighted by molar-refractivity contribution is -0.140. The molecule has 1 amide bonds. The van der Waals surface area contributed by atoms with E-state index in [1.165, 1.54) is 0 Å². The summed E-state index contributed by atoms with van der Waals surface area (Å²) in [5.74, 6) is -5.22. The van der Waals surface area contributed by atoms with Gasteiger partial charge in [-0.15, -0.1) is 0 Å². The first-order chi connectivity index (χ1) is 3.50. The first-order valence-corrected chi connectivity index (χ1v) is 1.88. The van der Waals surface area contributed by atoms with Gasteiger partial charge in [-0.1, -0.05) is 0 Å². The Morgan fingerprint density at radius 2 is 2.00 bits per heavy atom. The molecule has 0 saturated carbocycles. The molecular weight excluding hydrogens is 118 g/mol. The first kappa shape index (κ1) is 7.29. The zero-order valence-corrected chi connectivity index (χ0v) is 4.03.